The maximum Gasteiger partial charge on any atom is 0.304 e. The fourth-order valence-electron chi connectivity index (χ4n) is 1.90. The molecule has 1 N–H and O–H groups in total. The Morgan fingerprint density at radius 2 is 2.22 bits per heavy atom. The first-order valence-corrected chi connectivity index (χ1v) is 7.03. The minimum Gasteiger partial charge on any atom is -0.481 e. The van der Waals surface area contributed by atoms with Gasteiger partial charge in [-0.2, -0.15) is 0 Å². The summed E-state index contributed by atoms with van der Waals surface area (Å²) in [4.78, 5) is 12.7. The van der Waals surface area contributed by atoms with Gasteiger partial charge in [-0.1, -0.05) is 40.5 Å². The maximum atomic E-state index is 10.6. The largest absolute Gasteiger partial charge is 0.481 e. The lowest BCUT2D eigenvalue weighted by molar-refractivity contribution is -0.137. The summed E-state index contributed by atoms with van der Waals surface area (Å²) in [6, 6.07) is 5.89. The van der Waals surface area contributed by atoms with Crippen LogP contribution in [0.3, 0.4) is 0 Å². The van der Waals surface area contributed by atoms with Crippen molar-refractivity contribution in [2.75, 3.05) is 13.1 Å². The number of nitrogens with zero attached hydrogens (tertiary/aromatic N) is 1. The Morgan fingerprint density at radius 3 is 2.72 bits per heavy atom. The minimum absolute atomic E-state index is 0.106. The summed E-state index contributed by atoms with van der Waals surface area (Å²) < 4.78 is 0.942. The van der Waals surface area contributed by atoms with E-state index in [0.29, 0.717) is 11.6 Å². The molecule has 0 heterocycles. The van der Waals surface area contributed by atoms with Gasteiger partial charge in [0.15, 0.2) is 0 Å². The van der Waals surface area contributed by atoms with Crippen LogP contribution in [0, 0.1) is 0 Å². The van der Waals surface area contributed by atoms with Crippen molar-refractivity contribution in [2.24, 2.45) is 0 Å². The summed E-state index contributed by atoms with van der Waals surface area (Å²) in [7, 11) is 0. The molecule has 0 spiro atoms. The van der Waals surface area contributed by atoms with Gasteiger partial charge in [0, 0.05) is 22.1 Å². The molecule has 0 saturated heterocycles. The van der Waals surface area contributed by atoms with Gasteiger partial charge in [-0.05, 0) is 31.2 Å². The average molecular weight is 335 g/mol. The van der Waals surface area contributed by atoms with E-state index in [4.69, 9.17) is 16.7 Å². The Bertz CT molecular complexity index is 425. The summed E-state index contributed by atoms with van der Waals surface area (Å²) in [6.07, 6.45) is 0.145. The minimum atomic E-state index is -0.775. The highest BCUT2D eigenvalue weighted by molar-refractivity contribution is 9.10. The molecule has 1 aromatic carbocycles. The number of benzene rings is 1. The molecular formula is C13H17BrClNO2. The van der Waals surface area contributed by atoms with Crippen molar-refractivity contribution in [3.05, 3.63) is 33.3 Å². The van der Waals surface area contributed by atoms with Crippen LogP contribution in [-0.4, -0.2) is 29.1 Å². The quantitative estimate of drug-likeness (QED) is 0.856. The van der Waals surface area contributed by atoms with Gasteiger partial charge in [0.1, 0.15) is 0 Å². The molecule has 1 rings (SSSR count). The lowest BCUT2D eigenvalue weighted by Crippen LogP contribution is -2.29. The van der Waals surface area contributed by atoms with Crippen molar-refractivity contribution in [3.63, 3.8) is 0 Å². The molecule has 100 valence electrons. The summed E-state index contributed by atoms with van der Waals surface area (Å²) in [5.41, 5.74) is 1.02. The van der Waals surface area contributed by atoms with Crippen LogP contribution in [0.25, 0.3) is 0 Å². The van der Waals surface area contributed by atoms with Crippen molar-refractivity contribution in [3.8, 4) is 0 Å². The summed E-state index contributed by atoms with van der Waals surface area (Å²) in [6.45, 7) is 5.38. The monoisotopic (exact) mass is 333 g/mol. The molecule has 3 nitrogen and oxygen atoms in total. The normalized spacial score (nSPS) is 12.7. The first-order chi connectivity index (χ1) is 8.45. The number of hydrogen-bond acceptors (Lipinski definition) is 2. The van der Waals surface area contributed by atoms with Crippen molar-refractivity contribution in [2.45, 2.75) is 26.3 Å². The van der Waals surface area contributed by atoms with E-state index in [0.717, 1.165) is 16.6 Å². The number of carboxylic acid groups (broad SMARTS) is 1. The van der Waals surface area contributed by atoms with E-state index >= 15 is 0 Å². The maximum absolute atomic E-state index is 10.6. The van der Waals surface area contributed by atoms with Crippen molar-refractivity contribution >= 4 is 33.5 Å². The zero-order valence-corrected chi connectivity index (χ0v) is 12.8. The predicted molar refractivity (Wildman–Crippen MR) is 77.1 cm³/mol. The Kier molecular flexibility index (Phi) is 6.12. The highest BCUT2D eigenvalue weighted by atomic mass is 79.9. The van der Waals surface area contributed by atoms with Gasteiger partial charge in [0.25, 0.3) is 0 Å². The number of carboxylic acids is 1. The van der Waals surface area contributed by atoms with Crippen molar-refractivity contribution < 1.29 is 9.90 Å². The molecule has 0 aliphatic heterocycles. The fourth-order valence-corrected chi connectivity index (χ4v) is 2.73. The van der Waals surface area contributed by atoms with Crippen LogP contribution in [0.5, 0.6) is 0 Å². The third-order valence-electron chi connectivity index (χ3n) is 2.98. The molecule has 0 aromatic heterocycles. The molecule has 0 fully saturated rings. The number of hydrogen-bond donors (Lipinski definition) is 1. The molecule has 0 aliphatic carbocycles. The van der Waals surface area contributed by atoms with Crippen LogP contribution in [0.2, 0.25) is 5.02 Å². The molecule has 0 bridgehead atoms. The van der Waals surface area contributed by atoms with Crippen LogP contribution >= 0.6 is 27.5 Å². The molecular weight excluding hydrogens is 318 g/mol. The molecule has 18 heavy (non-hydrogen) atoms. The summed E-state index contributed by atoms with van der Waals surface area (Å²) >= 11 is 9.59. The highest BCUT2D eigenvalue weighted by Gasteiger charge is 2.17. The SMILES string of the molecule is CCN(CCC(=O)O)C(C)c1ccc(Br)cc1Cl. The second-order valence-corrected chi connectivity index (χ2v) is 5.44. The van der Waals surface area contributed by atoms with E-state index in [1.54, 1.807) is 0 Å². The smallest absolute Gasteiger partial charge is 0.304 e. The molecule has 1 unspecified atom stereocenters. The Hall–Kier alpha value is -0.580. The molecule has 0 radical (unpaired) electrons. The van der Waals surface area contributed by atoms with Crippen LogP contribution in [0.1, 0.15) is 31.9 Å². The second-order valence-electron chi connectivity index (χ2n) is 4.11. The molecule has 0 aliphatic rings. The summed E-state index contributed by atoms with van der Waals surface area (Å²) in [5.74, 6) is -0.775. The van der Waals surface area contributed by atoms with Gasteiger partial charge in [0.2, 0.25) is 0 Å². The van der Waals surface area contributed by atoms with E-state index in [9.17, 15) is 4.79 Å². The number of carbonyl (C=O) groups is 1. The van der Waals surface area contributed by atoms with E-state index in [-0.39, 0.29) is 12.5 Å². The molecule has 0 saturated carbocycles. The Balaban J connectivity index is 2.82. The fraction of sp³-hybridized carbons (Fsp3) is 0.462. The summed E-state index contributed by atoms with van der Waals surface area (Å²) in [5, 5.41) is 9.44. The van der Waals surface area contributed by atoms with Gasteiger partial charge in [-0.15, -0.1) is 0 Å². The molecule has 1 aromatic rings. The van der Waals surface area contributed by atoms with Gasteiger partial charge in [-0.3, -0.25) is 9.69 Å². The average Bonchev–Trinajstić information content (AvgIpc) is 2.29. The first-order valence-electron chi connectivity index (χ1n) is 5.86. The van der Waals surface area contributed by atoms with E-state index in [1.165, 1.54) is 0 Å². The highest BCUT2D eigenvalue weighted by Crippen LogP contribution is 2.29. The second kappa shape index (κ2) is 7.12. The van der Waals surface area contributed by atoms with Crippen LogP contribution in [0.15, 0.2) is 22.7 Å². The molecule has 0 amide bonds. The standard InChI is InChI=1S/C13H17BrClNO2/c1-3-16(7-6-13(17)18)9(2)11-5-4-10(14)8-12(11)15/h4-5,8-9H,3,6-7H2,1-2H3,(H,17,18). The zero-order chi connectivity index (χ0) is 13.7. The number of aliphatic carboxylic acids is 1. The predicted octanol–water partition coefficient (Wildman–Crippen LogP) is 3.96. The van der Waals surface area contributed by atoms with Gasteiger partial charge in [-0.25, -0.2) is 0 Å². The first kappa shape index (κ1) is 15.5. The van der Waals surface area contributed by atoms with Crippen LogP contribution in [0.4, 0.5) is 0 Å². The van der Waals surface area contributed by atoms with Gasteiger partial charge < -0.3 is 5.11 Å². The topological polar surface area (TPSA) is 40.5 Å². The third kappa shape index (κ3) is 4.26. The lowest BCUT2D eigenvalue weighted by Gasteiger charge is -2.28. The zero-order valence-electron chi connectivity index (χ0n) is 10.5. The van der Waals surface area contributed by atoms with Crippen molar-refractivity contribution in [1.29, 1.82) is 0 Å². The van der Waals surface area contributed by atoms with Gasteiger partial charge in [0.05, 0.1) is 6.42 Å². The Morgan fingerprint density at radius 1 is 1.56 bits per heavy atom. The number of halogens is 2. The third-order valence-corrected chi connectivity index (χ3v) is 3.80. The van der Waals surface area contributed by atoms with E-state index < -0.39 is 5.97 Å². The number of rotatable bonds is 6. The molecule has 1 atom stereocenters. The Labute approximate surface area is 121 Å². The molecule has 5 heteroatoms. The van der Waals surface area contributed by atoms with E-state index in [2.05, 4.69) is 20.8 Å². The van der Waals surface area contributed by atoms with Crippen molar-refractivity contribution in [1.82, 2.24) is 4.90 Å². The lowest BCUT2D eigenvalue weighted by atomic mass is 10.1. The van der Waals surface area contributed by atoms with E-state index in [1.807, 2.05) is 32.0 Å². The van der Waals surface area contributed by atoms with Crippen LogP contribution in [-0.2, 0) is 4.79 Å². The van der Waals surface area contributed by atoms with Crippen LogP contribution < -0.4 is 0 Å². The van der Waals surface area contributed by atoms with Gasteiger partial charge >= 0.3 is 5.97 Å².